The summed E-state index contributed by atoms with van der Waals surface area (Å²) in [6.07, 6.45) is -0.178. The monoisotopic (exact) mass is 163 g/mol. The van der Waals surface area contributed by atoms with E-state index in [4.69, 9.17) is 14.6 Å². The van der Waals surface area contributed by atoms with Crippen molar-refractivity contribution in [3.63, 3.8) is 0 Å². The van der Waals surface area contributed by atoms with Crippen LogP contribution in [0.2, 0.25) is 6.04 Å². The molecule has 2 atom stereocenters. The first-order valence-electron chi connectivity index (χ1n) is 3.73. The number of hydrogen-bond acceptors (Lipinski definition) is 3. The maximum Gasteiger partial charge on any atom is 0.322 e. The molecule has 0 aromatic rings. The fourth-order valence-electron chi connectivity index (χ4n) is 0.679. The van der Waals surface area contributed by atoms with E-state index in [-0.39, 0.29) is 6.23 Å². The standard InChI is InChI=1S/C6H17NO2Si/c1-4-8-10(5-2)9-6(3)7/h6,10H,4-5,7H2,1-3H3. The predicted octanol–water partition coefficient (Wildman–Crippen LogP) is 0.585. The molecule has 2 N–H and O–H groups in total. The van der Waals surface area contributed by atoms with E-state index in [0.717, 1.165) is 12.7 Å². The van der Waals surface area contributed by atoms with Crippen LogP contribution in [0.15, 0.2) is 0 Å². The molecular weight excluding hydrogens is 146 g/mol. The molecule has 0 heterocycles. The van der Waals surface area contributed by atoms with Crippen molar-refractivity contribution in [2.45, 2.75) is 33.0 Å². The van der Waals surface area contributed by atoms with Crippen LogP contribution in [0, 0.1) is 0 Å². The van der Waals surface area contributed by atoms with E-state index in [9.17, 15) is 0 Å². The van der Waals surface area contributed by atoms with Gasteiger partial charge in [-0.05, 0) is 19.9 Å². The predicted molar refractivity (Wildman–Crippen MR) is 44.0 cm³/mol. The quantitative estimate of drug-likeness (QED) is 0.476. The lowest BCUT2D eigenvalue weighted by Crippen LogP contribution is -2.31. The third-order valence-electron chi connectivity index (χ3n) is 1.05. The minimum atomic E-state index is -1.40. The Kier molecular flexibility index (Phi) is 5.91. The lowest BCUT2D eigenvalue weighted by molar-refractivity contribution is 0.156. The summed E-state index contributed by atoms with van der Waals surface area (Å²) in [5, 5.41) is 0. The van der Waals surface area contributed by atoms with Gasteiger partial charge in [-0.2, -0.15) is 0 Å². The molecule has 0 fully saturated rings. The van der Waals surface area contributed by atoms with Crippen LogP contribution < -0.4 is 5.73 Å². The molecule has 0 saturated heterocycles. The van der Waals surface area contributed by atoms with Crippen LogP contribution in [0.5, 0.6) is 0 Å². The maximum atomic E-state index is 5.43. The van der Waals surface area contributed by atoms with Crippen LogP contribution in [0.4, 0.5) is 0 Å². The van der Waals surface area contributed by atoms with Crippen molar-refractivity contribution in [2.24, 2.45) is 5.73 Å². The van der Waals surface area contributed by atoms with E-state index in [2.05, 4.69) is 6.92 Å². The van der Waals surface area contributed by atoms with Crippen LogP contribution in [0.1, 0.15) is 20.8 Å². The highest BCUT2D eigenvalue weighted by Crippen LogP contribution is 1.97. The maximum absolute atomic E-state index is 5.43. The minimum Gasteiger partial charge on any atom is -0.397 e. The first-order valence-corrected chi connectivity index (χ1v) is 5.49. The minimum absolute atomic E-state index is 0.178. The second-order valence-corrected chi connectivity index (χ2v) is 4.42. The lowest BCUT2D eigenvalue weighted by Gasteiger charge is -2.16. The number of rotatable bonds is 5. The Morgan fingerprint density at radius 2 is 2.10 bits per heavy atom. The summed E-state index contributed by atoms with van der Waals surface area (Å²) in [5.41, 5.74) is 5.43. The van der Waals surface area contributed by atoms with Gasteiger partial charge in [0.1, 0.15) is 0 Å². The normalized spacial score (nSPS) is 16.8. The summed E-state index contributed by atoms with van der Waals surface area (Å²) in [6.45, 7) is 6.60. The van der Waals surface area contributed by atoms with Gasteiger partial charge in [0.2, 0.25) is 0 Å². The molecule has 0 radical (unpaired) electrons. The topological polar surface area (TPSA) is 44.5 Å². The zero-order chi connectivity index (χ0) is 7.98. The highest BCUT2D eigenvalue weighted by molar-refractivity contribution is 6.44. The summed E-state index contributed by atoms with van der Waals surface area (Å²) >= 11 is 0. The molecule has 0 aromatic heterocycles. The number of nitrogens with two attached hydrogens (primary N) is 1. The fourth-order valence-corrected chi connectivity index (χ4v) is 2.04. The third-order valence-corrected chi connectivity index (χ3v) is 3.16. The van der Waals surface area contributed by atoms with Gasteiger partial charge >= 0.3 is 9.28 Å². The Hall–Kier alpha value is 0.0969. The van der Waals surface area contributed by atoms with Crippen molar-refractivity contribution in [1.82, 2.24) is 0 Å². The smallest absolute Gasteiger partial charge is 0.322 e. The SMILES string of the molecule is CCO[SiH](CC)OC(C)N. The number of hydrogen-bond donors (Lipinski definition) is 1. The molecule has 62 valence electrons. The van der Waals surface area contributed by atoms with Gasteiger partial charge < -0.3 is 14.6 Å². The van der Waals surface area contributed by atoms with Crippen LogP contribution in [0.3, 0.4) is 0 Å². The summed E-state index contributed by atoms with van der Waals surface area (Å²) in [4.78, 5) is 0. The molecule has 0 aliphatic heterocycles. The molecular formula is C6H17NO2Si. The second-order valence-electron chi connectivity index (χ2n) is 2.13. The van der Waals surface area contributed by atoms with Gasteiger partial charge in [0, 0.05) is 6.61 Å². The Balaban J connectivity index is 3.39. The van der Waals surface area contributed by atoms with Crippen LogP contribution in [-0.4, -0.2) is 22.1 Å². The molecule has 4 heteroatoms. The van der Waals surface area contributed by atoms with Crippen molar-refractivity contribution in [1.29, 1.82) is 0 Å². The Morgan fingerprint density at radius 3 is 2.40 bits per heavy atom. The largest absolute Gasteiger partial charge is 0.397 e. The zero-order valence-corrected chi connectivity index (χ0v) is 8.12. The molecule has 10 heavy (non-hydrogen) atoms. The molecule has 3 nitrogen and oxygen atoms in total. The second kappa shape index (κ2) is 5.85. The molecule has 0 aromatic carbocycles. The van der Waals surface area contributed by atoms with Crippen LogP contribution in [-0.2, 0) is 8.85 Å². The molecule has 0 saturated carbocycles. The average molecular weight is 163 g/mol. The zero-order valence-electron chi connectivity index (χ0n) is 6.96. The van der Waals surface area contributed by atoms with E-state index in [1.165, 1.54) is 0 Å². The highest BCUT2D eigenvalue weighted by Gasteiger charge is 2.10. The van der Waals surface area contributed by atoms with Gasteiger partial charge in [-0.1, -0.05) is 6.92 Å². The van der Waals surface area contributed by atoms with E-state index in [1.807, 2.05) is 13.8 Å². The van der Waals surface area contributed by atoms with E-state index < -0.39 is 9.28 Å². The summed E-state index contributed by atoms with van der Waals surface area (Å²) in [5.74, 6) is 0. The average Bonchev–Trinajstić information content (AvgIpc) is 1.86. The van der Waals surface area contributed by atoms with E-state index in [1.54, 1.807) is 0 Å². The first kappa shape index (κ1) is 10.1. The Bertz CT molecular complexity index is 80.1. The van der Waals surface area contributed by atoms with Crippen molar-refractivity contribution >= 4 is 9.28 Å². The molecule has 0 amide bonds. The summed E-state index contributed by atoms with van der Waals surface area (Å²) in [6, 6.07) is 0.982. The first-order chi connectivity index (χ1) is 4.70. The molecule has 0 spiro atoms. The van der Waals surface area contributed by atoms with Gasteiger partial charge in [0.25, 0.3) is 0 Å². The highest BCUT2D eigenvalue weighted by atomic mass is 28.3. The van der Waals surface area contributed by atoms with Crippen molar-refractivity contribution in [2.75, 3.05) is 6.61 Å². The van der Waals surface area contributed by atoms with Gasteiger partial charge in [-0.25, -0.2) is 0 Å². The summed E-state index contributed by atoms with van der Waals surface area (Å²) in [7, 11) is -1.40. The summed E-state index contributed by atoms with van der Waals surface area (Å²) < 4.78 is 10.7. The van der Waals surface area contributed by atoms with Gasteiger partial charge in [-0.3, -0.25) is 0 Å². The van der Waals surface area contributed by atoms with E-state index in [0.29, 0.717) is 0 Å². The van der Waals surface area contributed by atoms with Crippen molar-refractivity contribution < 1.29 is 8.85 Å². The molecule has 0 bridgehead atoms. The fraction of sp³-hybridized carbons (Fsp3) is 1.00. The van der Waals surface area contributed by atoms with Crippen molar-refractivity contribution in [3.8, 4) is 0 Å². The molecule has 0 aliphatic rings. The van der Waals surface area contributed by atoms with Gasteiger partial charge in [0.15, 0.2) is 0 Å². The van der Waals surface area contributed by atoms with Crippen LogP contribution in [0.25, 0.3) is 0 Å². The molecule has 2 unspecified atom stereocenters. The lowest BCUT2D eigenvalue weighted by atomic mass is 10.7. The Labute approximate surface area is 64.4 Å². The Morgan fingerprint density at radius 1 is 1.50 bits per heavy atom. The van der Waals surface area contributed by atoms with Crippen molar-refractivity contribution in [3.05, 3.63) is 0 Å². The van der Waals surface area contributed by atoms with Gasteiger partial charge in [0.05, 0.1) is 6.23 Å². The van der Waals surface area contributed by atoms with Gasteiger partial charge in [-0.15, -0.1) is 0 Å². The van der Waals surface area contributed by atoms with Crippen LogP contribution >= 0.6 is 0 Å². The van der Waals surface area contributed by atoms with E-state index >= 15 is 0 Å². The molecule has 0 rings (SSSR count). The third kappa shape index (κ3) is 4.93. The molecule has 0 aliphatic carbocycles.